The molecule has 0 aliphatic carbocycles. The van der Waals surface area contributed by atoms with Gasteiger partial charge in [0.2, 0.25) is 0 Å². The van der Waals surface area contributed by atoms with E-state index in [0.717, 1.165) is 16.7 Å². The van der Waals surface area contributed by atoms with E-state index < -0.39 is 17.7 Å². The minimum absolute atomic E-state index is 0.157. The number of nitrogens with one attached hydrogen (secondary N) is 1. The maximum atomic E-state index is 13.4. The van der Waals surface area contributed by atoms with Crippen LogP contribution in [0.4, 0.5) is 17.6 Å². The fourth-order valence-electron chi connectivity index (χ4n) is 1.62. The van der Waals surface area contributed by atoms with Crippen molar-refractivity contribution in [2.45, 2.75) is 12.7 Å². The van der Waals surface area contributed by atoms with Crippen LogP contribution in [0.1, 0.15) is 11.3 Å². The Balaban J connectivity index is 2.38. The molecule has 0 spiro atoms. The second kappa shape index (κ2) is 5.26. The van der Waals surface area contributed by atoms with Crippen LogP contribution in [0.5, 0.6) is 0 Å². The Morgan fingerprint density at radius 1 is 1.26 bits per heavy atom. The van der Waals surface area contributed by atoms with Gasteiger partial charge in [-0.3, -0.25) is 0 Å². The van der Waals surface area contributed by atoms with E-state index in [1.165, 1.54) is 12.1 Å². The molecule has 0 bridgehead atoms. The van der Waals surface area contributed by atoms with Crippen LogP contribution in [0, 0.1) is 5.82 Å². The van der Waals surface area contributed by atoms with E-state index >= 15 is 0 Å². The molecule has 0 atom stereocenters. The van der Waals surface area contributed by atoms with Crippen LogP contribution in [-0.2, 0) is 12.7 Å². The van der Waals surface area contributed by atoms with Gasteiger partial charge in [0.1, 0.15) is 10.8 Å². The third kappa shape index (κ3) is 3.30. The molecule has 7 heteroatoms. The molecular formula is C12H10F4N2S. The van der Waals surface area contributed by atoms with Crippen molar-refractivity contribution in [1.29, 1.82) is 0 Å². The van der Waals surface area contributed by atoms with Crippen molar-refractivity contribution in [3.05, 3.63) is 40.7 Å². The number of thiazole rings is 1. The van der Waals surface area contributed by atoms with Gasteiger partial charge in [-0.2, -0.15) is 13.2 Å². The molecule has 0 saturated carbocycles. The summed E-state index contributed by atoms with van der Waals surface area (Å²) < 4.78 is 50.8. The number of hydrogen-bond donors (Lipinski definition) is 1. The van der Waals surface area contributed by atoms with Gasteiger partial charge in [0, 0.05) is 17.5 Å². The number of alkyl halides is 3. The number of nitrogens with zero attached hydrogens (tertiary/aromatic N) is 1. The third-order valence-corrected chi connectivity index (χ3v) is 3.27. The van der Waals surface area contributed by atoms with Crippen molar-refractivity contribution in [2.24, 2.45) is 0 Å². The normalized spacial score (nSPS) is 11.8. The molecule has 19 heavy (non-hydrogen) atoms. The van der Waals surface area contributed by atoms with E-state index in [1.54, 1.807) is 13.1 Å². The molecule has 0 unspecified atom stereocenters. The Morgan fingerprint density at radius 3 is 2.58 bits per heavy atom. The van der Waals surface area contributed by atoms with Gasteiger partial charge < -0.3 is 5.32 Å². The summed E-state index contributed by atoms with van der Waals surface area (Å²) in [4.78, 5) is 3.50. The van der Waals surface area contributed by atoms with Gasteiger partial charge in [-0.25, -0.2) is 9.37 Å². The maximum absolute atomic E-state index is 13.4. The number of halogens is 4. The Bertz CT molecular complexity index is 577. The summed E-state index contributed by atoms with van der Waals surface area (Å²) in [7, 11) is 1.70. The van der Waals surface area contributed by atoms with Crippen molar-refractivity contribution in [1.82, 2.24) is 10.3 Å². The molecule has 0 radical (unpaired) electrons. The van der Waals surface area contributed by atoms with Crippen LogP contribution in [0.3, 0.4) is 0 Å². The molecule has 1 N–H and O–H groups in total. The Hall–Kier alpha value is -1.47. The van der Waals surface area contributed by atoms with Gasteiger partial charge in [0.15, 0.2) is 5.69 Å². The summed E-state index contributed by atoms with van der Waals surface area (Å²) in [5.41, 5.74) is 0.0546. The third-order valence-electron chi connectivity index (χ3n) is 2.38. The molecule has 1 heterocycles. The predicted octanol–water partition coefficient (Wildman–Crippen LogP) is 3.69. The highest BCUT2D eigenvalue weighted by molar-refractivity contribution is 7.13. The Morgan fingerprint density at radius 2 is 2.00 bits per heavy atom. The molecule has 0 fully saturated rings. The summed E-state index contributed by atoms with van der Waals surface area (Å²) in [5.74, 6) is -0.494. The van der Waals surface area contributed by atoms with Crippen LogP contribution in [0.25, 0.3) is 10.6 Å². The lowest BCUT2D eigenvalue weighted by Crippen LogP contribution is -2.06. The van der Waals surface area contributed by atoms with Crippen LogP contribution >= 0.6 is 11.3 Å². The summed E-state index contributed by atoms with van der Waals surface area (Å²) in [5, 5.41) is 3.94. The van der Waals surface area contributed by atoms with E-state index in [2.05, 4.69) is 10.3 Å². The lowest BCUT2D eigenvalue weighted by atomic mass is 10.1. The molecule has 0 saturated heterocycles. The van der Waals surface area contributed by atoms with E-state index in [1.807, 2.05) is 0 Å². The van der Waals surface area contributed by atoms with Crippen LogP contribution in [0.15, 0.2) is 23.6 Å². The molecular weight excluding hydrogens is 280 g/mol. The summed E-state index contributed by atoms with van der Waals surface area (Å²) in [6.07, 6.45) is -4.48. The first kappa shape index (κ1) is 14.0. The Kier molecular flexibility index (Phi) is 3.86. The second-order valence-electron chi connectivity index (χ2n) is 3.91. The molecule has 1 aromatic carbocycles. The lowest BCUT2D eigenvalue weighted by molar-refractivity contribution is -0.140. The fraction of sp³-hybridized carbons (Fsp3) is 0.250. The van der Waals surface area contributed by atoms with E-state index in [4.69, 9.17) is 0 Å². The molecule has 2 aromatic rings. The minimum atomic E-state index is -4.48. The van der Waals surface area contributed by atoms with Crippen LogP contribution in [-0.4, -0.2) is 12.0 Å². The number of benzene rings is 1. The number of hydrogen-bond acceptors (Lipinski definition) is 3. The lowest BCUT2D eigenvalue weighted by Gasteiger charge is -2.04. The van der Waals surface area contributed by atoms with E-state index in [9.17, 15) is 17.6 Å². The predicted molar refractivity (Wildman–Crippen MR) is 65.3 cm³/mol. The molecule has 0 aliphatic rings. The number of rotatable bonds is 3. The second-order valence-corrected chi connectivity index (χ2v) is 4.77. The molecule has 2 nitrogen and oxygen atoms in total. The highest BCUT2D eigenvalue weighted by Gasteiger charge is 2.33. The fourth-order valence-corrected chi connectivity index (χ4v) is 2.43. The van der Waals surface area contributed by atoms with Gasteiger partial charge >= 0.3 is 6.18 Å². The van der Waals surface area contributed by atoms with Crippen molar-refractivity contribution < 1.29 is 17.6 Å². The van der Waals surface area contributed by atoms with Gasteiger partial charge in [-0.15, -0.1) is 11.3 Å². The summed E-state index contributed by atoms with van der Waals surface area (Å²) in [6.45, 7) is 0.433. The van der Waals surface area contributed by atoms with Crippen LogP contribution < -0.4 is 5.32 Å². The quantitative estimate of drug-likeness (QED) is 0.872. The zero-order chi connectivity index (χ0) is 14.0. The standard InChI is InChI=1S/C12H10F4N2S/c1-17-5-7-2-8(4-9(13)3-7)11-18-10(6-19-11)12(14,15)16/h2-4,6,17H,5H2,1H3. The largest absolute Gasteiger partial charge is 0.434 e. The average molecular weight is 290 g/mol. The van der Waals surface area contributed by atoms with Crippen molar-refractivity contribution >= 4 is 11.3 Å². The van der Waals surface area contributed by atoms with E-state index in [0.29, 0.717) is 17.7 Å². The molecule has 1 aromatic heterocycles. The SMILES string of the molecule is CNCc1cc(F)cc(-c2nc(C(F)(F)F)cs2)c1. The van der Waals surface area contributed by atoms with Crippen molar-refractivity contribution in [3.63, 3.8) is 0 Å². The smallest absolute Gasteiger partial charge is 0.316 e. The molecule has 2 rings (SSSR count). The van der Waals surface area contributed by atoms with Crippen molar-refractivity contribution in [3.8, 4) is 10.6 Å². The first-order valence-corrected chi connectivity index (χ1v) is 6.25. The van der Waals surface area contributed by atoms with Crippen LogP contribution in [0.2, 0.25) is 0 Å². The monoisotopic (exact) mass is 290 g/mol. The van der Waals surface area contributed by atoms with Gasteiger partial charge in [0.05, 0.1) is 0 Å². The molecule has 102 valence electrons. The zero-order valence-electron chi connectivity index (χ0n) is 9.88. The number of aromatic nitrogens is 1. The van der Waals surface area contributed by atoms with Crippen molar-refractivity contribution in [2.75, 3.05) is 7.05 Å². The molecule has 0 aliphatic heterocycles. The minimum Gasteiger partial charge on any atom is -0.316 e. The summed E-state index contributed by atoms with van der Waals surface area (Å²) in [6, 6.07) is 4.13. The first-order chi connectivity index (χ1) is 8.90. The van der Waals surface area contributed by atoms with Gasteiger partial charge in [-0.1, -0.05) is 0 Å². The average Bonchev–Trinajstić information content (AvgIpc) is 2.77. The highest BCUT2D eigenvalue weighted by atomic mass is 32.1. The topological polar surface area (TPSA) is 24.9 Å². The van der Waals surface area contributed by atoms with Gasteiger partial charge in [0.25, 0.3) is 0 Å². The maximum Gasteiger partial charge on any atom is 0.434 e. The van der Waals surface area contributed by atoms with E-state index in [-0.39, 0.29) is 5.01 Å². The zero-order valence-corrected chi connectivity index (χ0v) is 10.7. The molecule has 0 amide bonds. The summed E-state index contributed by atoms with van der Waals surface area (Å²) >= 11 is 0.847. The first-order valence-electron chi connectivity index (χ1n) is 5.37. The highest BCUT2D eigenvalue weighted by Crippen LogP contribution is 2.33. The van der Waals surface area contributed by atoms with Gasteiger partial charge in [-0.05, 0) is 30.8 Å². The Labute approximate surface area is 111 Å².